The van der Waals surface area contributed by atoms with Crippen molar-refractivity contribution in [2.24, 2.45) is 0 Å². The lowest BCUT2D eigenvalue weighted by Crippen LogP contribution is -2.53. The van der Waals surface area contributed by atoms with Gasteiger partial charge >= 0.3 is 24.0 Å². The summed E-state index contributed by atoms with van der Waals surface area (Å²) in [6.07, 6.45) is -2.93. The molecular weight excluding hydrogens is 576 g/mol. The molecule has 0 saturated heterocycles. The fraction of sp³-hybridized carbons (Fsp3) is 0.452. The third kappa shape index (κ3) is 10.4. The first-order valence-corrected chi connectivity index (χ1v) is 13.7. The summed E-state index contributed by atoms with van der Waals surface area (Å²) in [6.45, 7) is 4.17. The number of carbonyl (C=O) groups excluding carboxylic acids is 5. The summed E-state index contributed by atoms with van der Waals surface area (Å²) in [4.78, 5) is 65.8. The van der Waals surface area contributed by atoms with Crippen LogP contribution in [-0.2, 0) is 48.5 Å². The van der Waals surface area contributed by atoms with Crippen LogP contribution in [0.25, 0.3) is 0 Å². The van der Waals surface area contributed by atoms with E-state index in [1.165, 1.54) is 38.5 Å². The number of nitrogens with zero attached hydrogens (tertiary/aromatic N) is 1. The Hall–Kier alpha value is -4.33. The van der Waals surface area contributed by atoms with Crippen molar-refractivity contribution in [2.45, 2.75) is 57.1 Å². The predicted molar refractivity (Wildman–Crippen MR) is 156 cm³/mol. The van der Waals surface area contributed by atoms with Crippen LogP contribution in [0.5, 0.6) is 0 Å². The molecule has 0 saturated carbocycles. The van der Waals surface area contributed by atoms with Gasteiger partial charge < -0.3 is 39.0 Å². The van der Waals surface area contributed by atoms with E-state index < -0.39 is 60.0 Å². The maximum atomic E-state index is 13.7. The number of esters is 3. The van der Waals surface area contributed by atoms with Crippen LogP contribution in [0, 0.1) is 0 Å². The molecular formula is C31H40N2O11. The number of hydrogen-bond acceptors (Lipinski definition) is 11. The molecule has 0 radical (unpaired) electrons. The first kappa shape index (κ1) is 35.9. The van der Waals surface area contributed by atoms with Crippen molar-refractivity contribution in [3.8, 4) is 0 Å². The minimum absolute atomic E-state index is 0.135. The zero-order valence-electron chi connectivity index (χ0n) is 25.7. The number of amides is 2. The SMILES string of the molecule is COC(=O)CC[C@@H](NC(=O)OC(=O)C(O)(c1ccccc1)c1ccccc1)C(=O)N(CC(=O)OC(C)(C)C)CC(OC)OC. The van der Waals surface area contributed by atoms with Crippen LogP contribution in [0.4, 0.5) is 4.79 Å². The van der Waals surface area contributed by atoms with Crippen molar-refractivity contribution < 1.29 is 52.8 Å². The lowest BCUT2D eigenvalue weighted by atomic mass is 9.86. The van der Waals surface area contributed by atoms with Crippen LogP contribution in [0.1, 0.15) is 44.7 Å². The predicted octanol–water partition coefficient (Wildman–Crippen LogP) is 2.29. The van der Waals surface area contributed by atoms with Gasteiger partial charge in [0.2, 0.25) is 11.5 Å². The summed E-state index contributed by atoms with van der Waals surface area (Å²) in [5, 5.41) is 13.9. The Morgan fingerprint density at radius 3 is 1.82 bits per heavy atom. The van der Waals surface area contributed by atoms with Gasteiger partial charge in [-0.3, -0.25) is 14.4 Å². The van der Waals surface area contributed by atoms with Crippen LogP contribution in [0.2, 0.25) is 0 Å². The number of nitrogens with one attached hydrogen (secondary N) is 1. The number of ether oxygens (including phenoxy) is 5. The monoisotopic (exact) mass is 616 g/mol. The summed E-state index contributed by atoms with van der Waals surface area (Å²) in [5.74, 6) is -3.60. The molecule has 240 valence electrons. The lowest BCUT2D eigenvalue weighted by Gasteiger charge is -2.30. The van der Waals surface area contributed by atoms with E-state index in [-0.39, 0.29) is 30.5 Å². The van der Waals surface area contributed by atoms with E-state index in [0.29, 0.717) is 0 Å². The highest BCUT2D eigenvalue weighted by atomic mass is 16.7. The number of benzene rings is 2. The number of carbonyl (C=O) groups is 5. The van der Waals surface area contributed by atoms with Crippen LogP contribution in [-0.4, -0.2) is 92.3 Å². The van der Waals surface area contributed by atoms with Crippen LogP contribution < -0.4 is 5.32 Å². The zero-order valence-corrected chi connectivity index (χ0v) is 25.7. The van der Waals surface area contributed by atoms with Gasteiger partial charge in [-0.2, -0.15) is 0 Å². The largest absolute Gasteiger partial charge is 0.469 e. The smallest absolute Gasteiger partial charge is 0.415 e. The highest BCUT2D eigenvalue weighted by Crippen LogP contribution is 2.31. The average molecular weight is 617 g/mol. The number of rotatable bonds is 14. The minimum Gasteiger partial charge on any atom is -0.469 e. The Balaban J connectivity index is 2.36. The molecule has 0 unspecified atom stereocenters. The van der Waals surface area contributed by atoms with Crippen molar-refractivity contribution in [2.75, 3.05) is 34.4 Å². The Morgan fingerprint density at radius 2 is 1.36 bits per heavy atom. The summed E-state index contributed by atoms with van der Waals surface area (Å²) in [7, 11) is 3.83. The van der Waals surface area contributed by atoms with Gasteiger partial charge in [-0.15, -0.1) is 0 Å². The topological polar surface area (TPSA) is 167 Å². The maximum Gasteiger partial charge on any atom is 0.415 e. The third-order valence-corrected chi connectivity index (χ3v) is 6.27. The Labute approximate surface area is 256 Å². The van der Waals surface area contributed by atoms with E-state index in [1.807, 2.05) is 0 Å². The van der Waals surface area contributed by atoms with E-state index in [2.05, 4.69) is 10.1 Å². The summed E-state index contributed by atoms with van der Waals surface area (Å²) < 4.78 is 25.4. The standard InChI is InChI=1S/C31H40N2O11/c1-30(2,3)44-25(35)19-33(20-26(41-5)42-6)27(36)23(17-18-24(34)40-4)32-29(38)43-28(37)31(39,21-13-9-7-10-14-21)22-15-11-8-12-16-22/h7-16,23,26,39H,17-20H2,1-6H3,(H,32,38)/t23-/m1/s1. The molecule has 0 heterocycles. The van der Waals surface area contributed by atoms with Gasteiger partial charge in [-0.25, -0.2) is 9.59 Å². The molecule has 2 amide bonds. The second-order valence-electron chi connectivity index (χ2n) is 10.6. The molecule has 2 aromatic carbocycles. The highest BCUT2D eigenvalue weighted by molar-refractivity contribution is 5.95. The van der Waals surface area contributed by atoms with Crippen LogP contribution in [0.15, 0.2) is 60.7 Å². The second kappa shape index (κ2) is 16.5. The first-order valence-electron chi connectivity index (χ1n) is 13.7. The molecule has 2 N–H and O–H groups in total. The number of aliphatic hydroxyl groups is 1. The molecule has 2 aromatic rings. The summed E-state index contributed by atoms with van der Waals surface area (Å²) in [6, 6.07) is 14.3. The zero-order chi connectivity index (χ0) is 32.9. The molecule has 13 heteroatoms. The van der Waals surface area contributed by atoms with E-state index in [0.717, 1.165) is 12.0 Å². The normalized spacial score (nSPS) is 12.2. The van der Waals surface area contributed by atoms with Crippen LogP contribution in [0.3, 0.4) is 0 Å². The molecule has 1 atom stereocenters. The van der Waals surface area contributed by atoms with E-state index in [4.69, 9.17) is 18.9 Å². The van der Waals surface area contributed by atoms with Crippen LogP contribution >= 0.6 is 0 Å². The summed E-state index contributed by atoms with van der Waals surface area (Å²) >= 11 is 0. The number of hydrogen-bond donors (Lipinski definition) is 2. The Morgan fingerprint density at radius 1 is 0.841 bits per heavy atom. The number of alkyl carbamates (subject to hydrolysis) is 1. The van der Waals surface area contributed by atoms with Gasteiger partial charge in [0.05, 0.1) is 13.7 Å². The quantitative estimate of drug-likeness (QED) is 0.138. The van der Waals surface area contributed by atoms with Gasteiger partial charge in [-0.05, 0) is 38.3 Å². The van der Waals surface area contributed by atoms with Gasteiger partial charge in [0, 0.05) is 20.6 Å². The molecule has 0 spiro atoms. The molecule has 0 aliphatic carbocycles. The number of methoxy groups -OCH3 is 3. The van der Waals surface area contributed by atoms with Crippen molar-refractivity contribution in [1.82, 2.24) is 10.2 Å². The highest BCUT2D eigenvalue weighted by Gasteiger charge is 2.43. The van der Waals surface area contributed by atoms with Gasteiger partial charge in [0.25, 0.3) is 0 Å². The van der Waals surface area contributed by atoms with Crippen molar-refractivity contribution in [3.63, 3.8) is 0 Å². The van der Waals surface area contributed by atoms with E-state index in [9.17, 15) is 29.1 Å². The molecule has 0 aliphatic rings. The van der Waals surface area contributed by atoms with Crippen molar-refractivity contribution in [3.05, 3.63) is 71.8 Å². The van der Waals surface area contributed by atoms with Gasteiger partial charge in [-0.1, -0.05) is 60.7 Å². The van der Waals surface area contributed by atoms with Gasteiger partial charge in [0.15, 0.2) is 6.29 Å². The molecule has 0 aliphatic heterocycles. The second-order valence-corrected chi connectivity index (χ2v) is 10.6. The molecule has 13 nitrogen and oxygen atoms in total. The van der Waals surface area contributed by atoms with E-state index in [1.54, 1.807) is 57.2 Å². The minimum atomic E-state index is -2.38. The molecule has 0 fully saturated rings. The van der Waals surface area contributed by atoms with Crippen molar-refractivity contribution in [1.29, 1.82) is 0 Å². The fourth-order valence-electron chi connectivity index (χ4n) is 4.12. The third-order valence-electron chi connectivity index (χ3n) is 6.27. The molecule has 0 aromatic heterocycles. The first-order chi connectivity index (χ1) is 20.7. The maximum absolute atomic E-state index is 13.7. The molecule has 2 rings (SSSR count). The van der Waals surface area contributed by atoms with Gasteiger partial charge in [0.1, 0.15) is 18.2 Å². The van der Waals surface area contributed by atoms with E-state index >= 15 is 0 Å². The Kier molecular flexibility index (Phi) is 13.4. The van der Waals surface area contributed by atoms with Crippen molar-refractivity contribution >= 4 is 29.9 Å². The molecule has 0 bridgehead atoms. The summed E-state index contributed by atoms with van der Waals surface area (Å²) in [5.41, 5.74) is -2.96. The lowest BCUT2D eigenvalue weighted by molar-refractivity contribution is -0.164. The fourth-order valence-corrected chi connectivity index (χ4v) is 4.12. The molecule has 44 heavy (non-hydrogen) atoms. The average Bonchev–Trinajstić information content (AvgIpc) is 3.00. The Bertz CT molecular complexity index is 1220.